The standard InChI is InChI=1S/C26H31N5O5/c1-16-23(36-20-11-7-10-19(14-20)25(32)33)13-12-21(28-16)24-22(31(3)30-29-24)15-27-26(34)35-17(2)18-8-5-4-6-9-18/h4-6,8-9,12-13,17,19-20H,7,10-11,14-15H2,1-3H3,(H,27,34)(H,32,33)/t17?,19-,20-/m0/s1. The van der Waals surface area contributed by atoms with Crippen LogP contribution in [0.3, 0.4) is 0 Å². The number of ether oxygens (including phenoxy) is 2. The number of carbonyl (C=O) groups is 2. The second kappa shape index (κ2) is 11.2. The molecular formula is C26H31N5O5. The lowest BCUT2D eigenvalue weighted by Crippen LogP contribution is -2.29. The second-order valence-electron chi connectivity index (χ2n) is 9.04. The summed E-state index contributed by atoms with van der Waals surface area (Å²) in [7, 11) is 1.75. The molecule has 36 heavy (non-hydrogen) atoms. The Morgan fingerprint density at radius 1 is 1.19 bits per heavy atom. The van der Waals surface area contributed by atoms with Crippen molar-refractivity contribution in [2.75, 3.05) is 0 Å². The number of amides is 1. The van der Waals surface area contributed by atoms with Gasteiger partial charge >= 0.3 is 12.1 Å². The number of pyridine rings is 1. The van der Waals surface area contributed by atoms with Crippen LogP contribution >= 0.6 is 0 Å². The fraction of sp³-hybridized carbons (Fsp3) is 0.423. The van der Waals surface area contributed by atoms with Gasteiger partial charge < -0.3 is 19.9 Å². The number of carboxylic acids is 1. The first kappa shape index (κ1) is 25.2. The molecule has 0 saturated heterocycles. The molecule has 1 amide bonds. The Balaban J connectivity index is 1.40. The van der Waals surface area contributed by atoms with E-state index in [2.05, 4.69) is 20.6 Å². The molecule has 10 nitrogen and oxygen atoms in total. The third-order valence-corrected chi connectivity index (χ3v) is 6.44. The lowest BCUT2D eigenvalue weighted by Gasteiger charge is -2.27. The minimum absolute atomic E-state index is 0.147. The summed E-state index contributed by atoms with van der Waals surface area (Å²) < 4.78 is 13.2. The fourth-order valence-corrected chi connectivity index (χ4v) is 4.38. The first-order valence-electron chi connectivity index (χ1n) is 12.1. The summed E-state index contributed by atoms with van der Waals surface area (Å²) in [6, 6.07) is 13.1. The zero-order valence-corrected chi connectivity index (χ0v) is 20.7. The number of aromatic nitrogens is 4. The fourth-order valence-electron chi connectivity index (χ4n) is 4.38. The Morgan fingerprint density at radius 3 is 2.69 bits per heavy atom. The maximum atomic E-state index is 12.4. The van der Waals surface area contributed by atoms with E-state index >= 15 is 0 Å². The van der Waals surface area contributed by atoms with E-state index in [1.165, 1.54) is 0 Å². The highest BCUT2D eigenvalue weighted by Gasteiger charge is 2.28. The van der Waals surface area contributed by atoms with Crippen molar-refractivity contribution in [2.24, 2.45) is 13.0 Å². The molecule has 0 aliphatic heterocycles. The number of alkyl carbamates (subject to hydrolysis) is 1. The van der Waals surface area contributed by atoms with E-state index in [0.717, 1.165) is 18.4 Å². The number of aryl methyl sites for hydroxylation is 2. The van der Waals surface area contributed by atoms with Gasteiger partial charge in [0.05, 0.1) is 35.6 Å². The predicted molar refractivity (Wildman–Crippen MR) is 131 cm³/mol. The number of nitrogens with one attached hydrogen (secondary N) is 1. The molecule has 3 aromatic rings. The van der Waals surface area contributed by atoms with Crippen LogP contribution in [0.15, 0.2) is 42.5 Å². The van der Waals surface area contributed by atoms with Gasteiger partial charge in [-0.05, 0) is 57.2 Å². The number of benzene rings is 1. The summed E-state index contributed by atoms with van der Waals surface area (Å²) in [4.78, 5) is 28.4. The highest BCUT2D eigenvalue weighted by Crippen LogP contribution is 2.30. The lowest BCUT2D eigenvalue weighted by molar-refractivity contribution is -0.143. The smallest absolute Gasteiger partial charge is 0.408 e. The summed E-state index contributed by atoms with van der Waals surface area (Å²) in [5.41, 5.74) is 3.40. The molecule has 4 rings (SSSR count). The van der Waals surface area contributed by atoms with Crippen molar-refractivity contribution in [3.8, 4) is 17.1 Å². The van der Waals surface area contributed by atoms with E-state index < -0.39 is 12.1 Å². The first-order valence-corrected chi connectivity index (χ1v) is 12.1. The molecule has 2 aromatic heterocycles. The van der Waals surface area contributed by atoms with Gasteiger partial charge in [-0.2, -0.15) is 0 Å². The number of nitrogens with zero attached hydrogens (tertiary/aromatic N) is 4. The molecular weight excluding hydrogens is 462 g/mol. The zero-order valence-electron chi connectivity index (χ0n) is 20.7. The number of hydrogen-bond donors (Lipinski definition) is 2. The maximum absolute atomic E-state index is 12.4. The molecule has 1 fully saturated rings. The minimum Gasteiger partial charge on any atom is -0.489 e. The summed E-state index contributed by atoms with van der Waals surface area (Å²) in [5, 5.41) is 20.4. The molecule has 1 aliphatic carbocycles. The summed E-state index contributed by atoms with van der Waals surface area (Å²) in [5.74, 6) is -0.513. The molecule has 190 valence electrons. The van der Waals surface area contributed by atoms with Crippen LogP contribution in [-0.4, -0.2) is 43.3 Å². The third kappa shape index (κ3) is 5.99. The summed E-state index contributed by atoms with van der Waals surface area (Å²) >= 11 is 0. The summed E-state index contributed by atoms with van der Waals surface area (Å²) in [6.07, 6.45) is 1.76. The largest absolute Gasteiger partial charge is 0.489 e. The molecule has 2 heterocycles. The van der Waals surface area contributed by atoms with Crippen LogP contribution in [-0.2, 0) is 23.1 Å². The van der Waals surface area contributed by atoms with Crippen LogP contribution in [0.1, 0.15) is 55.7 Å². The normalized spacial score (nSPS) is 18.3. The van der Waals surface area contributed by atoms with Crippen LogP contribution in [0.25, 0.3) is 11.4 Å². The molecule has 3 atom stereocenters. The van der Waals surface area contributed by atoms with Crippen LogP contribution in [0.5, 0.6) is 5.75 Å². The van der Waals surface area contributed by atoms with Gasteiger partial charge in [-0.15, -0.1) is 5.10 Å². The molecule has 1 aromatic carbocycles. The average Bonchev–Trinajstić information content (AvgIpc) is 3.24. The van der Waals surface area contributed by atoms with Gasteiger partial charge in [-0.25, -0.2) is 14.5 Å². The maximum Gasteiger partial charge on any atom is 0.408 e. The number of carbonyl (C=O) groups excluding carboxylic acids is 1. The van der Waals surface area contributed by atoms with E-state index in [-0.39, 0.29) is 24.7 Å². The monoisotopic (exact) mass is 493 g/mol. The SMILES string of the molecule is Cc1nc(-c2nnn(C)c2CNC(=O)OC(C)c2ccccc2)ccc1O[C@H]1CCC[C@H](C(=O)O)C1. The van der Waals surface area contributed by atoms with Gasteiger partial charge in [0, 0.05) is 7.05 Å². The van der Waals surface area contributed by atoms with Crippen molar-refractivity contribution in [2.45, 2.75) is 58.3 Å². The molecule has 1 saturated carbocycles. The molecule has 2 N–H and O–H groups in total. The third-order valence-electron chi connectivity index (χ3n) is 6.44. The second-order valence-corrected chi connectivity index (χ2v) is 9.04. The van der Waals surface area contributed by atoms with Crippen molar-refractivity contribution >= 4 is 12.1 Å². The van der Waals surface area contributed by atoms with Crippen molar-refractivity contribution in [1.82, 2.24) is 25.3 Å². The van der Waals surface area contributed by atoms with Crippen molar-refractivity contribution in [1.29, 1.82) is 0 Å². The van der Waals surface area contributed by atoms with E-state index in [4.69, 9.17) is 9.47 Å². The molecule has 1 aliphatic rings. The number of carboxylic acid groups (broad SMARTS) is 1. The van der Waals surface area contributed by atoms with Gasteiger partial charge in [0.25, 0.3) is 0 Å². The molecule has 0 bridgehead atoms. The predicted octanol–water partition coefficient (Wildman–Crippen LogP) is 4.20. The van der Waals surface area contributed by atoms with Crippen molar-refractivity contribution in [3.63, 3.8) is 0 Å². The minimum atomic E-state index is -0.768. The van der Waals surface area contributed by atoms with E-state index in [0.29, 0.717) is 41.4 Å². The van der Waals surface area contributed by atoms with Crippen molar-refractivity contribution in [3.05, 3.63) is 59.4 Å². The molecule has 0 radical (unpaired) electrons. The van der Waals surface area contributed by atoms with Gasteiger partial charge in [-0.1, -0.05) is 35.5 Å². The van der Waals surface area contributed by atoms with Gasteiger partial charge in [-0.3, -0.25) is 4.79 Å². The van der Waals surface area contributed by atoms with E-state index in [9.17, 15) is 14.7 Å². The Morgan fingerprint density at radius 2 is 1.97 bits per heavy atom. The van der Waals surface area contributed by atoms with Gasteiger partial charge in [0.1, 0.15) is 17.5 Å². The first-order chi connectivity index (χ1) is 17.3. The van der Waals surface area contributed by atoms with Crippen LogP contribution < -0.4 is 10.1 Å². The van der Waals surface area contributed by atoms with Gasteiger partial charge in [0.2, 0.25) is 0 Å². The number of aliphatic carboxylic acids is 1. The number of rotatable bonds is 8. The van der Waals surface area contributed by atoms with Crippen LogP contribution in [0.2, 0.25) is 0 Å². The van der Waals surface area contributed by atoms with Crippen LogP contribution in [0, 0.1) is 12.8 Å². The Hall–Kier alpha value is -3.95. The van der Waals surface area contributed by atoms with E-state index in [1.54, 1.807) is 17.8 Å². The topological polar surface area (TPSA) is 128 Å². The Bertz CT molecular complexity index is 1210. The van der Waals surface area contributed by atoms with Gasteiger partial charge in [0.15, 0.2) is 0 Å². The molecule has 1 unspecified atom stereocenters. The summed E-state index contributed by atoms with van der Waals surface area (Å²) in [6.45, 7) is 3.82. The molecule has 10 heteroatoms. The Labute approximate surface area is 209 Å². The Kier molecular flexibility index (Phi) is 7.82. The quantitative estimate of drug-likeness (QED) is 0.478. The van der Waals surface area contributed by atoms with E-state index in [1.807, 2.05) is 50.2 Å². The zero-order chi connectivity index (χ0) is 25.7. The van der Waals surface area contributed by atoms with Crippen molar-refractivity contribution < 1.29 is 24.2 Å². The lowest BCUT2D eigenvalue weighted by atomic mass is 9.87. The highest BCUT2D eigenvalue weighted by molar-refractivity contribution is 5.70. The van der Waals surface area contributed by atoms with Crippen LogP contribution in [0.4, 0.5) is 4.79 Å². The highest BCUT2D eigenvalue weighted by atomic mass is 16.6. The number of hydrogen-bond acceptors (Lipinski definition) is 7. The molecule has 0 spiro atoms. The average molecular weight is 494 g/mol.